The van der Waals surface area contributed by atoms with E-state index in [9.17, 15) is 0 Å². The number of aromatic nitrogens is 4. The molecule has 0 aliphatic carbocycles. The Morgan fingerprint density at radius 1 is 0.324 bits per heavy atom. The minimum Gasteiger partial charge on any atom is -0.311 e. The van der Waals surface area contributed by atoms with Crippen LogP contribution >= 0.6 is 0 Å². The topological polar surface area (TPSA) is 50.1 Å². The number of hydrogen-bond acceptors (Lipinski definition) is 5. The molecule has 0 bridgehead atoms. The summed E-state index contributed by atoms with van der Waals surface area (Å²) in [6.45, 7) is 2.24. The number of nitrogens with zero attached hydrogens (tertiary/aromatic N) is 6. The Balaban J connectivity index is 0.969. The van der Waals surface area contributed by atoms with E-state index in [4.69, 9.17) is 15.0 Å². The van der Waals surface area contributed by atoms with Crippen molar-refractivity contribution in [1.82, 2.24) is 19.5 Å². The molecule has 0 spiro atoms. The van der Waals surface area contributed by atoms with Gasteiger partial charge in [-0.15, -0.1) is 0 Å². The molecule has 332 valence electrons. The van der Waals surface area contributed by atoms with Crippen molar-refractivity contribution in [1.29, 1.82) is 0 Å². The molecule has 2 aromatic heterocycles. The Hall–Kier alpha value is -9.33. The maximum Gasteiger partial charge on any atom is 0.252 e. The van der Waals surface area contributed by atoms with E-state index in [1.807, 2.05) is 60.7 Å². The predicted molar refractivity (Wildman–Crippen MR) is 295 cm³/mol. The highest BCUT2D eigenvalue weighted by Crippen LogP contribution is 2.47. The first-order chi connectivity index (χ1) is 35.1. The van der Waals surface area contributed by atoms with E-state index in [0.29, 0.717) is 17.5 Å². The fourth-order valence-electron chi connectivity index (χ4n) is 11.1. The van der Waals surface area contributed by atoms with Gasteiger partial charge in [0.25, 0.3) is 6.71 Å². The highest BCUT2D eigenvalue weighted by atomic mass is 15.2. The summed E-state index contributed by atoms with van der Waals surface area (Å²) in [6, 6.07) is 87.1. The second kappa shape index (κ2) is 16.4. The summed E-state index contributed by atoms with van der Waals surface area (Å²) in [5.41, 5.74) is 20.5. The fraction of sp³-hybridized carbons (Fsp3) is 0.0156. The smallest absolute Gasteiger partial charge is 0.252 e. The van der Waals surface area contributed by atoms with Gasteiger partial charge in [-0.1, -0.05) is 170 Å². The third kappa shape index (κ3) is 6.62. The SMILES string of the molecule is Cc1ccc(-c2nc(-c3ccccc3)nc(-c3ccccc3)n2)cc1-n1c2ccccc2c2cc(-c3cc4c5c(c3)N(c3ccccc3)c3ccccc3B5c3ccccc3N4c3ccccc3)ccc21. The van der Waals surface area contributed by atoms with E-state index in [2.05, 4.69) is 203 Å². The molecule has 0 unspecified atom stereocenters. The van der Waals surface area contributed by atoms with Crippen molar-refractivity contribution in [3.63, 3.8) is 0 Å². The molecule has 0 saturated carbocycles. The van der Waals surface area contributed by atoms with Crippen LogP contribution in [0.5, 0.6) is 0 Å². The average Bonchev–Trinajstić information content (AvgIpc) is 3.77. The molecule has 4 heterocycles. The molecule has 10 aromatic carbocycles. The number of benzene rings is 10. The lowest BCUT2D eigenvalue weighted by atomic mass is 9.33. The minimum atomic E-state index is 0.0493. The van der Waals surface area contributed by atoms with Crippen LogP contribution in [0.2, 0.25) is 0 Å². The third-order valence-corrected chi connectivity index (χ3v) is 14.3. The van der Waals surface area contributed by atoms with Gasteiger partial charge in [-0.2, -0.15) is 0 Å². The summed E-state index contributed by atoms with van der Waals surface area (Å²) in [5.74, 6) is 1.90. The van der Waals surface area contributed by atoms with Gasteiger partial charge in [0.15, 0.2) is 17.5 Å². The molecule has 2 aliphatic rings. The summed E-state index contributed by atoms with van der Waals surface area (Å²) in [6.07, 6.45) is 0. The van der Waals surface area contributed by atoms with Crippen molar-refractivity contribution < 1.29 is 0 Å². The molecule has 6 nitrogen and oxygen atoms in total. The maximum atomic E-state index is 5.11. The first-order valence-corrected chi connectivity index (χ1v) is 24.2. The zero-order valence-electron chi connectivity index (χ0n) is 38.9. The predicted octanol–water partition coefficient (Wildman–Crippen LogP) is 14.0. The first kappa shape index (κ1) is 40.7. The van der Waals surface area contributed by atoms with Gasteiger partial charge in [0.1, 0.15) is 0 Å². The third-order valence-electron chi connectivity index (χ3n) is 14.3. The highest BCUT2D eigenvalue weighted by Gasteiger charge is 2.43. The summed E-state index contributed by atoms with van der Waals surface area (Å²) in [4.78, 5) is 20.1. The van der Waals surface area contributed by atoms with E-state index in [0.717, 1.165) is 61.5 Å². The number of aryl methyl sites for hydroxylation is 1. The number of para-hydroxylation sites is 5. The fourth-order valence-corrected chi connectivity index (χ4v) is 11.1. The standard InChI is InChI=1S/C64H43BN6/c1-42-34-35-46(64-67-62(43-20-6-2-7-21-43)66-63(68-64)44-22-8-3-9-23-44)39-58(42)71-54-31-17-14-28-50(54)51-38-45(36-37-55(51)71)47-40-59-61-60(41-47)70(49-26-12-5-13-27-49)57-33-19-16-30-53(57)65(61)52-29-15-18-32-56(52)69(59)48-24-10-4-11-25-48/h2-41H,1H3. The molecule has 0 amide bonds. The molecule has 0 N–H and O–H groups in total. The Bertz CT molecular complexity index is 3850. The van der Waals surface area contributed by atoms with E-state index in [-0.39, 0.29) is 6.71 Å². The van der Waals surface area contributed by atoms with Crippen LogP contribution < -0.4 is 26.2 Å². The Kier molecular flexibility index (Phi) is 9.42. The van der Waals surface area contributed by atoms with Crippen molar-refractivity contribution in [2.45, 2.75) is 6.92 Å². The van der Waals surface area contributed by atoms with Gasteiger partial charge in [-0.25, -0.2) is 15.0 Å². The van der Waals surface area contributed by atoms with Crippen LogP contribution in [0.3, 0.4) is 0 Å². The second-order valence-corrected chi connectivity index (χ2v) is 18.4. The van der Waals surface area contributed by atoms with Crippen LogP contribution in [0.4, 0.5) is 34.1 Å². The molecule has 0 fully saturated rings. The van der Waals surface area contributed by atoms with Crippen LogP contribution in [0, 0.1) is 6.92 Å². The summed E-state index contributed by atoms with van der Waals surface area (Å²) in [7, 11) is 0. The highest BCUT2D eigenvalue weighted by molar-refractivity contribution is 7.00. The Morgan fingerprint density at radius 3 is 1.35 bits per heavy atom. The molecule has 0 radical (unpaired) electrons. The van der Waals surface area contributed by atoms with Crippen molar-refractivity contribution in [2.75, 3.05) is 9.80 Å². The lowest BCUT2D eigenvalue weighted by Gasteiger charge is -2.44. The van der Waals surface area contributed by atoms with Gasteiger partial charge in [0, 0.05) is 67.3 Å². The number of anilines is 6. The lowest BCUT2D eigenvalue weighted by molar-refractivity contribution is 1.07. The van der Waals surface area contributed by atoms with Gasteiger partial charge >= 0.3 is 0 Å². The van der Waals surface area contributed by atoms with E-state index in [1.54, 1.807) is 0 Å². The van der Waals surface area contributed by atoms with Crippen LogP contribution in [-0.4, -0.2) is 26.2 Å². The molecule has 14 rings (SSSR count). The van der Waals surface area contributed by atoms with E-state index in [1.165, 1.54) is 49.9 Å². The maximum absolute atomic E-state index is 5.11. The lowest BCUT2D eigenvalue weighted by Crippen LogP contribution is -2.61. The van der Waals surface area contributed by atoms with E-state index >= 15 is 0 Å². The molecule has 0 saturated heterocycles. The zero-order chi connectivity index (χ0) is 47.0. The summed E-state index contributed by atoms with van der Waals surface area (Å²) >= 11 is 0. The van der Waals surface area contributed by atoms with Crippen LogP contribution in [0.1, 0.15) is 5.56 Å². The van der Waals surface area contributed by atoms with Crippen LogP contribution in [-0.2, 0) is 0 Å². The van der Waals surface area contributed by atoms with Crippen LogP contribution in [0.25, 0.3) is 72.8 Å². The van der Waals surface area contributed by atoms with Crippen LogP contribution in [0.15, 0.2) is 243 Å². The Labute approximate surface area is 412 Å². The van der Waals surface area contributed by atoms with Gasteiger partial charge in [-0.3, -0.25) is 0 Å². The van der Waals surface area contributed by atoms with E-state index < -0.39 is 0 Å². The molecule has 0 atom stereocenters. The monoisotopic (exact) mass is 906 g/mol. The average molecular weight is 907 g/mol. The molecule has 2 aliphatic heterocycles. The van der Waals surface area contributed by atoms with Gasteiger partial charge in [-0.05, 0) is 113 Å². The van der Waals surface area contributed by atoms with Crippen molar-refractivity contribution in [3.05, 3.63) is 248 Å². The van der Waals surface area contributed by atoms with Gasteiger partial charge in [0.2, 0.25) is 0 Å². The van der Waals surface area contributed by atoms with Gasteiger partial charge < -0.3 is 14.4 Å². The number of hydrogen-bond donors (Lipinski definition) is 0. The quantitative estimate of drug-likeness (QED) is 0.149. The summed E-state index contributed by atoms with van der Waals surface area (Å²) in [5, 5.41) is 2.37. The molecule has 12 aromatic rings. The normalized spacial score (nSPS) is 12.5. The minimum absolute atomic E-state index is 0.0493. The molecular formula is C64H43BN6. The first-order valence-electron chi connectivity index (χ1n) is 24.2. The number of fused-ring (bicyclic) bond motifs is 7. The van der Waals surface area contributed by atoms with Crippen molar-refractivity contribution in [3.8, 4) is 51.0 Å². The van der Waals surface area contributed by atoms with Crippen molar-refractivity contribution in [2.24, 2.45) is 0 Å². The summed E-state index contributed by atoms with van der Waals surface area (Å²) < 4.78 is 2.41. The second-order valence-electron chi connectivity index (χ2n) is 18.4. The zero-order valence-corrected chi connectivity index (χ0v) is 38.9. The Morgan fingerprint density at radius 2 is 0.775 bits per heavy atom. The number of rotatable bonds is 7. The molecular weight excluding hydrogens is 864 g/mol. The largest absolute Gasteiger partial charge is 0.311 e. The molecule has 71 heavy (non-hydrogen) atoms. The van der Waals surface area contributed by atoms with Gasteiger partial charge in [0.05, 0.1) is 11.0 Å². The molecule has 7 heteroatoms. The van der Waals surface area contributed by atoms with Crippen molar-refractivity contribution >= 4 is 79.0 Å².